The van der Waals surface area contributed by atoms with Crippen molar-refractivity contribution in [2.24, 2.45) is 12.9 Å². The molecule has 0 aliphatic rings. The summed E-state index contributed by atoms with van der Waals surface area (Å²) < 4.78 is 1.47. The molecule has 132 valence electrons. The fourth-order valence-corrected chi connectivity index (χ4v) is 2.40. The first kappa shape index (κ1) is 17.0. The number of aromatic nitrogens is 5. The molecule has 0 atom stereocenters. The van der Waals surface area contributed by atoms with Crippen molar-refractivity contribution in [1.29, 1.82) is 0 Å². The van der Waals surface area contributed by atoms with Crippen molar-refractivity contribution in [3.05, 3.63) is 65.6 Å². The lowest BCUT2D eigenvalue weighted by molar-refractivity contribution is 0.209. The molecule has 0 unspecified atom stereocenters. The number of anilines is 1. The molecule has 0 fully saturated rings. The lowest BCUT2D eigenvalue weighted by atomic mass is 10.0. The Labute approximate surface area is 147 Å². The van der Waals surface area contributed by atoms with Crippen molar-refractivity contribution in [2.45, 2.75) is 0 Å². The van der Waals surface area contributed by atoms with Crippen LogP contribution in [0.25, 0.3) is 11.3 Å². The van der Waals surface area contributed by atoms with Gasteiger partial charge in [0.1, 0.15) is 11.5 Å². The first-order chi connectivity index (χ1) is 12.6. The second kappa shape index (κ2) is 7.40. The molecule has 0 aliphatic carbocycles. The highest BCUT2D eigenvalue weighted by Gasteiger charge is 2.21. The van der Waals surface area contributed by atoms with Gasteiger partial charge in [0, 0.05) is 7.05 Å². The van der Waals surface area contributed by atoms with Crippen molar-refractivity contribution in [2.75, 3.05) is 5.32 Å². The highest BCUT2D eigenvalue weighted by Crippen LogP contribution is 2.30. The van der Waals surface area contributed by atoms with E-state index < -0.39 is 6.09 Å². The van der Waals surface area contributed by atoms with Crippen LogP contribution < -0.4 is 11.2 Å². The van der Waals surface area contributed by atoms with E-state index in [4.69, 9.17) is 15.8 Å². The predicted molar refractivity (Wildman–Crippen MR) is 92.3 cm³/mol. The number of hydrogen-bond donors (Lipinski definition) is 3. The molecular weight excluding hydrogens is 338 g/mol. The lowest BCUT2D eigenvalue weighted by Crippen LogP contribution is -2.11. The van der Waals surface area contributed by atoms with E-state index in [2.05, 4.69) is 25.8 Å². The number of pyridine rings is 1. The number of amides is 1. The number of carbonyl (C=O) groups is 1. The van der Waals surface area contributed by atoms with E-state index in [0.29, 0.717) is 17.1 Å². The molecule has 0 radical (unpaired) electrons. The Morgan fingerprint density at radius 2 is 1.96 bits per heavy atom. The summed E-state index contributed by atoms with van der Waals surface area (Å²) in [5.41, 5.74) is 1.59. The summed E-state index contributed by atoms with van der Waals surface area (Å²) in [6, 6.07) is 14.1. The molecule has 0 saturated carbocycles. The molecule has 3 rings (SSSR count). The Morgan fingerprint density at radius 3 is 2.58 bits per heavy atom. The molecule has 2 heterocycles. The van der Waals surface area contributed by atoms with Crippen molar-refractivity contribution < 1.29 is 14.7 Å². The van der Waals surface area contributed by atoms with Crippen LogP contribution in [0.4, 0.5) is 10.6 Å². The number of nitrogens with one attached hydrogen (secondary N) is 1. The molecule has 3 aromatic rings. The van der Waals surface area contributed by atoms with E-state index in [1.807, 2.05) is 30.3 Å². The van der Waals surface area contributed by atoms with Crippen LogP contribution >= 0.6 is 0 Å². The molecule has 1 amide bonds. The Hall–Kier alpha value is -3.79. The van der Waals surface area contributed by atoms with Gasteiger partial charge >= 0.3 is 6.09 Å². The molecule has 0 saturated heterocycles. The minimum Gasteiger partial charge on any atom is -0.465 e. The van der Waals surface area contributed by atoms with Crippen LogP contribution in [0, 0.1) is 0 Å². The van der Waals surface area contributed by atoms with Gasteiger partial charge in [-0.15, -0.1) is 5.10 Å². The molecular formula is C16H15N7O3. The number of rotatable bonds is 5. The molecule has 0 spiro atoms. The third-order valence-electron chi connectivity index (χ3n) is 3.47. The van der Waals surface area contributed by atoms with Crippen LogP contribution in [-0.4, -0.2) is 36.4 Å². The third-order valence-corrected chi connectivity index (χ3v) is 3.47. The van der Waals surface area contributed by atoms with Gasteiger partial charge in [0.2, 0.25) is 0 Å². The normalized spacial score (nSPS) is 11.6. The molecule has 0 aliphatic heterocycles. The summed E-state index contributed by atoms with van der Waals surface area (Å²) in [6.07, 6.45) is -1.23. The SMILES string of the molecule is Cn1nnnc1C(=C(ON)c1cccc(NC(=O)O)n1)c1ccccc1. The van der Waals surface area contributed by atoms with Gasteiger partial charge in [-0.1, -0.05) is 36.4 Å². The minimum atomic E-state index is -1.23. The van der Waals surface area contributed by atoms with Crippen molar-refractivity contribution in [1.82, 2.24) is 25.2 Å². The Kier molecular flexibility index (Phi) is 4.85. The van der Waals surface area contributed by atoms with E-state index in [1.54, 1.807) is 19.2 Å². The highest BCUT2D eigenvalue weighted by atomic mass is 16.6. The maximum absolute atomic E-state index is 10.9. The quantitative estimate of drug-likeness (QED) is 0.463. The number of nitrogens with zero attached hydrogens (tertiary/aromatic N) is 5. The van der Waals surface area contributed by atoms with E-state index in [1.165, 1.54) is 10.7 Å². The van der Waals surface area contributed by atoms with Crippen LogP contribution in [0.5, 0.6) is 0 Å². The second-order valence-corrected chi connectivity index (χ2v) is 5.15. The van der Waals surface area contributed by atoms with Gasteiger partial charge in [0.05, 0.1) is 5.57 Å². The van der Waals surface area contributed by atoms with Crippen LogP contribution in [0.15, 0.2) is 48.5 Å². The summed E-state index contributed by atoms with van der Waals surface area (Å²) in [7, 11) is 1.68. The standard InChI is InChI=1S/C16H15N7O3/c1-23-15(20-21-22-23)13(10-6-3-2-4-7-10)14(26-17)11-8-5-9-12(18-11)19-16(24)25/h2-9H,17H2,1H3,(H,18,19)(H,24,25). The van der Waals surface area contributed by atoms with Crippen molar-refractivity contribution in [3.8, 4) is 0 Å². The van der Waals surface area contributed by atoms with Gasteiger partial charge in [0.15, 0.2) is 11.6 Å². The van der Waals surface area contributed by atoms with E-state index in [0.717, 1.165) is 5.56 Å². The molecule has 1 aromatic carbocycles. The highest BCUT2D eigenvalue weighted by molar-refractivity contribution is 5.93. The van der Waals surface area contributed by atoms with Crippen molar-refractivity contribution in [3.63, 3.8) is 0 Å². The number of nitrogens with two attached hydrogens (primary N) is 1. The van der Waals surface area contributed by atoms with Gasteiger partial charge in [0.25, 0.3) is 0 Å². The summed E-state index contributed by atoms with van der Waals surface area (Å²) >= 11 is 0. The largest absolute Gasteiger partial charge is 0.465 e. The number of tetrazole rings is 1. The van der Waals surface area contributed by atoms with Crippen LogP contribution in [-0.2, 0) is 11.9 Å². The average molecular weight is 353 g/mol. The molecule has 4 N–H and O–H groups in total. The zero-order valence-electron chi connectivity index (χ0n) is 13.7. The maximum Gasteiger partial charge on any atom is 0.410 e. The molecule has 0 bridgehead atoms. The fourth-order valence-electron chi connectivity index (χ4n) is 2.40. The summed E-state index contributed by atoms with van der Waals surface area (Å²) in [4.78, 5) is 20.2. The first-order valence-electron chi connectivity index (χ1n) is 7.46. The molecule has 26 heavy (non-hydrogen) atoms. The Morgan fingerprint density at radius 1 is 1.19 bits per heavy atom. The number of carboxylic acid groups (broad SMARTS) is 1. The Bertz CT molecular complexity index is 953. The maximum atomic E-state index is 10.9. The van der Waals surface area contributed by atoms with Crippen molar-refractivity contribution >= 4 is 23.2 Å². The van der Waals surface area contributed by atoms with E-state index >= 15 is 0 Å². The molecule has 10 nitrogen and oxygen atoms in total. The monoisotopic (exact) mass is 353 g/mol. The summed E-state index contributed by atoms with van der Waals surface area (Å²) in [6.45, 7) is 0. The summed E-state index contributed by atoms with van der Waals surface area (Å²) in [5.74, 6) is 6.28. The lowest BCUT2D eigenvalue weighted by Gasteiger charge is -2.13. The fraction of sp³-hybridized carbons (Fsp3) is 0.0625. The van der Waals surface area contributed by atoms with Gasteiger partial charge in [-0.3, -0.25) is 5.32 Å². The first-order valence-corrected chi connectivity index (χ1v) is 7.46. The second-order valence-electron chi connectivity index (χ2n) is 5.15. The van der Waals surface area contributed by atoms with Gasteiger partial charge < -0.3 is 9.94 Å². The Balaban J connectivity index is 2.23. The number of aryl methyl sites for hydroxylation is 1. The number of hydrogen-bond acceptors (Lipinski definition) is 7. The summed E-state index contributed by atoms with van der Waals surface area (Å²) in [5, 5.41) is 22.6. The van der Waals surface area contributed by atoms with Gasteiger partial charge in [-0.2, -0.15) is 5.90 Å². The van der Waals surface area contributed by atoms with Gasteiger partial charge in [-0.25, -0.2) is 14.5 Å². The number of benzene rings is 1. The van der Waals surface area contributed by atoms with E-state index in [-0.39, 0.29) is 11.6 Å². The molecule has 10 heteroatoms. The predicted octanol–water partition coefficient (Wildman–Crippen LogP) is 1.50. The molecule has 2 aromatic heterocycles. The van der Waals surface area contributed by atoms with Crippen LogP contribution in [0.3, 0.4) is 0 Å². The zero-order chi connectivity index (χ0) is 18.5. The van der Waals surface area contributed by atoms with E-state index in [9.17, 15) is 4.79 Å². The van der Waals surface area contributed by atoms with Crippen LogP contribution in [0.1, 0.15) is 17.1 Å². The topological polar surface area (TPSA) is 141 Å². The average Bonchev–Trinajstić information content (AvgIpc) is 3.05. The smallest absolute Gasteiger partial charge is 0.410 e. The van der Waals surface area contributed by atoms with Gasteiger partial charge in [-0.05, 0) is 28.1 Å². The zero-order valence-corrected chi connectivity index (χ0v) is 13.7. The third kappa shape index (κ3) is 3.49. The van der Waals surface area contributed by atoms with Crippen LogP contribution in [0.2, 0.25) is 0 Å². The minimum absolute atomic E-state index is 0.132.